The molecule has 0 fully saturated rings. The molecule has 3 heteroatoms. The maximum atomic E-state index is 5.83. The molecule has 2 nitrogen and oxygen atoms in total. The third kappa shape index (κ3) is 6.66. The van der Waals surface area contributed by atoms with Crippen LogP contribution in [0.4, 0.5) is 0 Å². The molecule has 0 amide bonds. The Morgan fingerprint density at radius 3 is 2.18 bits per heavy atom. The quantitative estimate of drug-likeness (QED) is 0.656. The number of thioether (sulfide) groups is 1. The summed E-state index contributed by atoms with van der Waals surface area (Å²) in [6.07, 6.45) is 0. The van der Waals surface area contributed by atoms with Crippen molar-refractivity contribution in [3.8, 4) is 0 Å². The Balaban J connectivity index is 3.54. The van der Waals surface area contributed by atoms with E-state index in [1.54, 1.807) is 11.8 Å². The largest absolute Gasteiger partial charge is 0.317 e. The first-order chi connectivity index (χ1) is 4.83. The SMILES string of the molecule is C[C@@H](CSC(C)(C)N)N(C)C. The monoisotopic (exact) mass is 176 g/mol. The normalized spacial score (nSPS) is 15.5. The fraction of sp³-hybridized carbons (Fsp3) is 1.00. The van der Waals surface area contributed by atoms with E-state index in [-0.39, 0.29) is 4.87 Å². The summed E-state index contributed by atoms with van der Waals surface area (Å²) in [5.41, 5.74) is 5.83. The molecule has 0 aliphatic rings. The summed E-state index contributed by atoms with van der Waals surface area (Å²) < 4.78 is 0. The van der Waals surface area contributed by atoms with Gasteiger partial charge in [0.2, 0.25) is 0 Å². The number of hydrogen-bond acceptors (Lipinski definition) is 3. The average molecular weight is 176 g/mol. The lowest BCUT2D eigenvalue weighted by Gasteiger charge is -2.24. The number of nitrogens with zero attached hydrogens (tertiary/aromatic N) is 1. The van der Waals surface area contributed by atoms with Gasteiger partial charge in [0.15, 0.2) is 0 Å². The second kappa shape index (κ2) is 4.33. The van der Waals surface area contributed by atoms with Gasteiger partial charge in [-0.3, -0.25) is 0 Å². The number of hydrogen-bond donors (Lipinski definition) is 1. The van der Waals surface area contributed by atoms with Crippen LogP contribution in [0.5, 0.6) is 0 Å². The van der Waals surface area contributed by atoms with E-state index < -0.39 is 0 Å². The first-order valence-corrected chi connectivity index (χ1v) is 4.91. The molecule has 0 saturated carbocycles. The highest BCUT2D eigenvalue weighted by Crippen LogP contribution is 2.19. The molecule has 0 aromatic carbocycles. The van der Waals surface area contributed by atoms with Gasteiger partial charge in [-0.25, -0.2) is 0 Å². The summed E-state index contributed by atoms with van der Waals surface area (Å²) in [6.45, 7) is 6.29. The standard InChI is InChI=1S/C8H20N2S/c1-7(10(4)5)6-11-8(2,3)9/h7H,6,9H2,1-5H3/t7-/m0/s1. The summed E-state index contributed by atoms with van der Waals surface area (Å²) in [6, 6.07) is 0.600. The van der Waals surface area contributed by atoms with E-state index in [0.717, 1.165) is 5.75 Å². The molecule has 0 aromatic heterocycles. The van der Waals surface area contributed by atoms with Crippen LogP contribution in [-0.2, 0) is 0 Å². The van der Waals surface area contributed by atoms with Crippen LogP contribution in [0.25, 0.3) is 0 Å². The Morgan fingerprint density at radius 1 is 1.45 bits per heavy atom. The first-order valence-electron chi connectivity index (χ1n) is 3.92. The average Bonchev–Trinajstić information content (AvgIpc) is 1.80. The molecule has 0 bridgehead atoms. The van der Waals surface area contributed by atoms with E-state index >= 15 is 0 Å². The zero-order chi connectivity index (χ0) is 9.07. The van der Waals surface area contributed by atoms with Crippen LogP contribution in [-0.4, -0.2) is 35.7 Å². The molecular formula is C8H20N2S. The van der Waals surface area contributed by atoms with E-state index in [1.807, 2.05) is 13.8 Å². The van der Waals surface area contributed by atoms with Crippen LogP contribution >= 0.6 is 11.8 Å². The van der Waals surface area contributed by atoms with Gasteiger partial charge in [0.05, 0.1) is 4.87 Å². The van der Waals surface area contributed by atoms with E-state index in [2.05, 4.69) is 25.9 Å². The maximum absolute atomic E-state index is 5.83. The molecule has 68 valence electrons. The van der Waals surface area contributed by atoms with Crippen molar-refractivity contribution in [2.45, 2.75) is 31.7 Å². The van der Waals surface area contributed by atoms with E-state index in [0.29, 0.717) is 6.04 Å². The fourth-order valence-electron chi connectivity index (χ4n) is 0.484. The summed E-state index contributed by atoms with van der Waals surface area (Å²) in [5, 5.41) is 0. The summed E-state index contributed by atoms with van der Waals surface area (Å²) in [4.78, 5) is 2.11. The minimum absolute atomic E-state index is 0.0930. The van der Waals surface area contributed by atoms with Crippen LogP contribution in [0.1, 0.15) is 20.8 Å². The molecule has 0 aliphatic heterocycles. The molecule has 0 radical (unpaired) electrons. The first kappa shape index (κ1) is 11.3. The molecule has 11 heavy (non-hydrogen) atoms. The highest BCUT2D eigenvalue weighted by atomic mass is 32.2. The second-order valence-electron chi connectivity index (χ2n) is 3.73. The van der Waals surface area contributed by atoms with Crippen molar-refractivity contribution < 1.29 is 0 Å². The molecule has 0 rings (SSSR count). The lowest BCUT2D eigenvalue weighted by Crippen LogP contribution is -2.33. The highest BCUT2D eigenvalue weighted by molar-refractivity contribution is 8.00. The lowest BCUT2D eigenvalue weighted by molar-refractivity contribution is 0.339. The van der Waals surface area contributed by atoms with Crippen LogP contribution in [0, 0.1) is 0 Å². The number of nitrogens with two attached hydrogens (primary N) is 1. The molecule has 1 atom stereocenters. The summed E-state index contributed by atoms with van der Waals surface area (Å²) in [5.74, 6) is 1.09. The van der Waals surface area contributed by atoms with Crippen LogP contribution in [0.2, 0.25) is 0 Å². The Hall–Kier alpha value is 0.270. The number of rotatable bonds is 4. The van der Waals surface area contributed by atoms with Crippen LogP contribution in [0.15, 0.2) is 0 Å². The van der Waals surface area contributed by atoms with Crippen molar-refractivity contribution >= 4 is 11.8 Å². The molecular weight excluding hydrogens is 156 g/mol. The van der Waals surface area contributed by atoms with Gasteiger partial charge in [-0.05, 0) is 34.9 Å². The van der Waals surface area contributed by atoms with Crippen molar-refractivity contribution in [2.75, 3.05) is 19.8 Å². The van der Waals surface area contributed by atoms with Crippen LogP contribution in [0.3, 0.4) is 0 Å². The van der Waals surface area contributed by atoms with Gasteiger partial charge < -0.3 is 10.6 Å². The van der Waals surface area contributed by atoms with Gasteiger partial charge in [-0.15, -0.1) is 11.8 Å². The maximum Gasteiger partial charge on any atom is 0.0563 e. The third-order valence-corrected chi connectivity index (χ3v) is 2.97. The van der Waals surface area contributed by atoms with Gasteiger partial charge in [-0.2, -0.15) is 0 Å². The molecule has 0 unspecified atom stereocenters. The highest BCUT2D eigenvalue weighted by Gasteiger charge is 2.13. The molecule has 0 spiro atoms. The van der Waals surface area contributed by atoms with Crippen molar-refractivity contribution in [1.29, 1.82) is 0 Å². The van der Waals surface area contributed by atoms with Crippen molar-refractivity contribution in [2.24, 2.45) is 5.73 Å². The summed E-state index contributed by atoms with van der Waals surface area (Å²) >= 11 is 1.81. The molecule has 0 aliphatic carbocycles. The van der Waals surface area contributed by atoms with Gasteiger partial charge in [0.1, 0.15) is 0 Å². The molecule has 0 saturated heterocycles. The van der Waals surface area contributed by atoms with E-state index in [4.69, 9.17) is 5.73 Å². The Kier molecular flexibility index (Phi) is 4.44. The smallest absolute Gasteiger partial charge is 0.0563 e. The predicted octanol–water partition coefficient (Wildman–Crippen LogP) is 1.36. The second-order valence-corrected chi connectivity index (χ2v) is 5.40. The van der Waals surface area contributed by atoms with Gasteiger partial charge in [-0.1, -0.05) is 0 Å². The predicted molar refractivity (Wildman–Crippen MR) is 53.9 cm³/mol. The molecule has 2 N–H and O–H groups in total. The Morgan fingerprint density at radius 2 is 1.91 bits per heavy atom. The van der Waals surface area contributed by atoms with Gasteiger partial charge >= 0.3 is 0 Å². The van der Waals surface area contributed by atoms with Gasteiger partial charge in [0, 0.05) is 11.8 Å². The lowest BCUT2D eigenvalue weighted by atomic mass is 10.4. The van der Waals surface area contributed by atoms with Gasteiger partial charge in [0.25, 0.3) is 0 Å². The zero-order valence-electron chi connectivity index (χ0n) is 8.22. The molecule has 0 aromatic rings. The minimum atomic E-state index is -0.0930. The topological polar surface area (TPSA) is 29.3 Å². The van der Waals surface area contributed by atoms with Crippen LogP contribution < -0.4 is 5.73 Å². The summed E-state index contributed by atoms with van der Waals surface area (Å²) in [7, 11) is 4.18. The third-order valence-electron chi connectivity index (χ3n) is 1.58. The molecule has 0 heterocycles. The van der Waals surface area contributed by atoms with Crippen molar-refractivity contribution in [3.63, 3.8) is 0 Å². The Bertz CT molecular complexity index is 107. The van der Waals surface area contributed by atoms with Crippen molar-refractivity contribution in [1.82, 2.24) is 4.90 Å². The fourth-order valence-corrected chi connectivity index (χ4v) is 1.45. The van der Waals surface area contributed by atoms with E-state index in [9.17, 15) is 0 Å². The van der Waals surface area contributed by atoms with E-state index in [1.165, 1.54) is 0 Å². The minimum Gasteiger partial charge on any atom is -0.317 e. The van der Waals surface area contributed by atoms with Crippen molar-refractivity contribution in [3.05, 3.63) is 0 Å². The zero-order valence-corrected chi connectivity index (χ0v) is 9.03. The Labute approximate surface area is 74.5 Å².